The zero-order valence-electron chi connectivity index (χ0n) is 10.4. The van der Waals surface area contributed by atoms with E-state index in [2.05, 4.69) is 16.0 Å². The van der Waals surface area contributed by atoms with Gasteiger partial charge in [0.15, 0.2) is 0 Å². The second-order valence-corrected chi connectivity index (χ2v) is 3.94. The van der Waals surface area contributed by atoms with E-state index in [0.717, 1.165) is 0 Å². The van der Waals surface area contributed by atoms with E-state index >= 15 is 0 Å². The van der Waals surface area contributed by atoms with E-state index in [9.17, 15) is 14.4 Å². The summed E-state index contributed by atoms with van der Waals surface area (Å²) in [7, 11) is 1.47. The average molecular weight is 244 g/mol. The number of likely N-dealkylation sites (N-methyl/N-ethyl adjacent to an activating group) is 1. The van der Waals surface area contributed by atoms with Crippen molar-refractivity contribution in [2.45, 2.75) is 19.9 Å². The minimum absolute atomic E-state index is 0.00364. The molecule has 0 aliphatic carbocycles. The van der Waals surface area contributed by atoms with Crippen LogP contribution in [0.5, 0.6) is 0 Å². The van der Waals surface area contributed by atoms with Gasteiger partial charge in [0.1, 0.15) is 0 Å². The Hall–Kier alpha value is -1.63. The molecule has 0 saturated carbocycles. The summed E-state index contributed by atoms with van der Waals surface area (Å²) < 4.78 is 0. The maximum absolute atomic E-state index is 11.4. The van der Waals surface area contributed by atoms with Gasteiger partial charge in [0.05, 0.1) is 19.1 Å². The fourth-order valence-electron chi connectivity index (χ4n) is 0.918. The number of nitrogens with one attached hydrogen (secondary N) is 3. The van der Waals surface area contributed by atoms with Gasteiger partial charge in [-0.15, -0.1) is 0 Å². The third-order valence-corrected chi connectivity index (χ3v) is 2.17. The van der Waals surface area contributed by atoms with Gasteiger partial charge in [-0.25, -0.2) is 0 Å². The van der Waals surface area contributed by atoms with Crippen LogP contribution >= 0.6 is 0 Å². The van der Waals surface area contributed by atoms with E-state index in [1.165, 1.54) is 7.05 Å². The molecule has 1 unspecified atom stereocenters. The summed E-state index contributed by atoms with van der Waals surface area (Å²) in [6.07, 6.45) is 0. The predicted octanol–water partition coefficient (Wildman–Crippen LogP) is -2.05. The predicted molar refractivity (Wildman–Crippen MR) is 62.9 cm³/mol. The van der Waals surface area contributed by atoms with Crippen LogP contribution in [0.3, 0.4) is 0 Å². The molecule has 0 aromatic carbocycles. The molecule has 0 radical (unpaired) electrons. The summed E-state index contributed by atoms with van der Waals surface area (Å²) in [5.74, 6) is -1.11. The van der Waals surface area contributed by atoms with E-state index in [1.54, 1.807) is 0 Å². The largest absolute Gasteiger partial charge is 0.358 e. The Labute approximate surface area is 100 Å². The van der Waals surface area contributed by atoms with Crippen molar-refractivity contribution in [2.75, 3.05) is 20.1 Å². The first-order chi connectivity index (χ1) is 7.88. The summed E-state index contributed by atoms with van der Waals surface area (Å²) in [5.41, 5.74) is 5.58. The highest BCUT2D eigenvalue weighted by Crippen LogP contribution is 1.97. The van der Waals surface area contributed by atoms with Gasteiger partial charge in [0.25, 0.3) is 0 Å². The molecule has 5 N–H and O–H groups in total. The third-order valence-electron chi connectivity index (χ3n) is 2.17. The fourth-order valence-corrected chi connectivity index (χ4v) is 0.918. The third kappa shape index (κ3) is 6.52. The summed E-state index contributed by atoms with van der Waals surface area (Å²) in [4.78, 5) is 33.4. The number of rotatable bonds is 6. The van der Waals surface area contributed by atoms with E-state index in [-0.39, 0.29) is 30.8 Å². The Morgan fingerprint density at radius 3 is 2.06 bits per heavy atom. The minimum atomic E-state index is -0.637. The van der Waals surface area contributed by atoms with Crippen LogP contribution in [0, 0.1) is 5.92 Å². The van der Waals surface area contributed by atoms with E-state index in [0.29, 0.717) is 0 Å². The van der Waals surface area contributed by atoms with Crippen molar-refractivity contribution < 1.29 is 14.4 Å². The normalized spacial score (nSPS) is 11.8. The van der Waals surface area contributed by atoms with Crippen LogP contribution in [-0.2, 0) is 14.4 Å². The summed E-state index contributed by atoms with van der Waals surface area (Å²) in [5, 5.41) is 7.11. The Balaban J connectivity index is 3.84. The van der Waals surface area contributed by atoms with Gasteiger partial charge in [-0.05, 0) is 5.92 Å². The Morgan fingerprint density at radius 2 is 1.59 bits per heavy atom. The average Bonchev–Trinajstić information content (AvgIpc) is 2.31. The van der Waals surface area contributed by atoms with Gasteiger partial charge in [0, 0.05) is 7.05 Å². The van der Waals surface area contributed by atoms with Crippen LogP contribution in [0.1, 0.15) is 13.8 Å². The molecule has 0 saturated heterocycles. The highest BCUT2D eigenvalue weighted by atomic mass is 16.2. The molecule has 0 spiro atoms. The number of nitrogens with two attached hydrogens (primary N) is 1. The van der Waals surface area contributed by atoms with E-state index in [4.69, 9.17) is 5.73 Å². The molecular formula is C10H20N4O3. The maximum Gasteiger partial charge on any atom is 0.239 e. The second kappa shape index (κ2) is 7.61. The molecule has 98 valence electrons. The molecule has 0 aliphatic rings. The molecule has 17 heavy (non-hydrogen) atoms. The molecule has 1 atom stereocenters. The van der Waals surface area contributed by atoms with Crippen molar-refractivity contribution in [1.29, 1.82) is 0 Å². The molecular weight excluding hydrogens is 224 g/mol. The van der Waals surface area contributed by atoms with Gasteiger partial charge in [0.2, 0.25) is 17.7 Å². The zero-order valence-corrected chi connectivity index (χ0v) is 10.4. The molecule has 0 rings (SSSR count). The first kappa shape index (κ1) is 15.4. The van der Waals surface area contributed by atoms with Crippen molar-refractivity contribution in [3.8, 4) is 0 Å². The van der Waals surface area contributed by atoms with Crippen molar-refractivity contribution in [2.24, 2.45) is 11.7 Å². The molecule has 0 aliphatic heterocycles. The minimum Gasteiger partial charge on any atom is -0.358 e. The lowest BCUT2D eigenvalue weighted by Gasteiger charge is -2.14. The molecule has 7 heteroatoms. The van der Waals surface area contributed by atoms with E-state index < -0.39 is 11.9 Å². The van der Waals surface area contributed by atoms with Gasteiger partial charge in [-0.2, -0.15) is 0 Å². The van der Waals surface area contributed by atoms with Crippen LogP contribution in [0.25, 0.3) is 0 Å². The zero-order chi connectivity index (χ0) is 13.4. The van der Waals surface area contributed by atoms with Gasteiger partial charge >= 0.3 is 0 Å². The number of carbonyl (C=O) groups excluding carboxylic acids is 3. The topological polar surface area (TPSA) is 113 Å². The molecule has 7 nitrogen and oxygen atoms in total. The van der Waals surface area contributed by atoms with E-state index in [1.807, 2.05) is 13.8 Å². The van der Waals surface area contributed by atoms with Crippen molar-refractivity contribution >= 4 is 17.7 Å². The highest BCUT2D eigenvalue weighted by molar-refractivity contribution is 5.89. The Bertz CT molecular complexity index is 291. The smallest absolute Gasteiger partial charge is 0.239 e. The Kier molecular flexibility index (Phi) is 6.88. The molecule has 0 fully saturated rings. The first-order valence-corrected chi connectivity index (χ1v) is 5.39. The fraction of sp³-hybridized carbons (Fsp3) is 0.700. The molecule has 0 bridgehead atoms. The number of amides is 3. The monoisotopic (exact) mass is 244 g/mol. The quantitative estimate of drug-likeness (QED) is 0.430. The van der Waals surface area contributed by atoms with Gasteiger partial charge in [-0.1, -0.05) is 13.8 Å². The summed E-state index contributed by atoms with van der Waals surface area (Å²) in [6, 6.07) is -0.637. The number of hydrogen-bond acceptors (Lipinski definition) is 4. The van der Waals surface area contributed by atoms with Crippen LogP contribution in [0.2, 0.25) is 0 Å². The van der Waals surface area contributed by atoms with Crippen molar-refractivity contribution in [3.63, 3.8) is 0 Å². The standard InChI is InChI=1S/C10H20N4O3/c1-6(2)9(11)10(17)14-5-8(16)13-4-7(15)12-3/h6,9H,4-5,11H2,1-3H3,(H,12,15)(H,13,16)(H,14,17). The molecule has 0 heterocycles. The molecule has 0 aromatic heterocycles. The lowest BCUT2D eigenvalue weighted by molar-refractivity contribution is -0.128. The lowest BCUT2D eigenvalue weighted by atomic mass is 10.1. The Morgan fingerprint density at radius 1 is 1.06 bits per heavy atom. The first-order valence-electron chi connectivity index (χ1n) is 5.39. The van der Waals surface area contributed by atoms with Crippen LogP contribution < -0.4 is 21.7 Å². The maximum atomic E-state index is 11.4. The summed E-state index contributed by atoms with van der Waals surface area (Å²) in [6.45, 7) is 3.34. The SMILES string of the molecule is CNC(=O)CNC(=O)CNC(=O)C(N)C(C)C. The number of hydrogen-bond donors (Lipinski definition) is 4. The number of carbonyl (C=O) groups is 3. The summed E-state index contributed by atoms with van der Waals surface area (Å²) >= 11 is 0. The molecule has 3 amide bonds. The van der Waals surface area contributed by atoms with Crippen molar-refractivity contribution in [3.05, 3.63) is 0 Å². The highest BCUT2D eigenvalue weighted by Gasteiger charge is 2.17. The van der Waals surface area contributed by atoms with Crippen LogP contribution in [0.15, 0.2) is 0 Å². The van der Waals surface area contributed by atoms with Crippen LogP contribution in [-0.4, -0.2) is 43.9 Å². The second-order valence-electron chi connectivity index (χ2n) is 3.94. The molecule has 0 aromatic rings. The van der Waals surface area contributed by atoms with Gasteiger partial charge < -0.3 is 21.7 Å². The van der Waals surface area contributed by atoms with Crippen LogP contribution in [0.4, 0.5) is 0 Å². The van der Waals surface area contributed by atoms with Gasteiger partial charge in [-0.3, -0.25) is 14.4 Å². The van der Waals surface area contributed by atoms with Crippen molar-refractivity contribution in [1.82, 2.24) is 16.0 Å². The lowest BCUT2D eigenvalue weighted by Crippen LogP contribution is -2.48.